The summed E-state index contributed by atoms with van der Waals surface area (Å²) in [7, 11) is -0.635. The minimum absolute atomic E-state index is 0.0571. The molecule has 0 saturated heterocycles. The highest BCUT2D eigenvalue weighted by molar-refractivity contribution is 7.89. The first-order chi connectivity index (χ1) is 14.3. The molecule has 156 valence electrons. The molecule has 0 saturated carbocycles. The van der Waals surface area contributed by atoms with Crippen LogP contribution in [0.25, 0.3) is 10.9 Å². The fourth-order valence-corrected chi connectivity index (χ4v) is 4.73. The van der Waals surface area contributed by atoms with Gasteiger partial charge in [-0.1, -0.05) is 6.07 Å². The highest BCUT2D eigenvalue weighted by Gasteiger charge is 2.19. The number of nitrogens with one attached hydrogen (secondary N) is 2. The third-order valence-corrected chi connectivity index (χ3v) is 7.32. The second kappa shape index (κ2) is 7.70. The van der Waals surface area contributed by atoms with Gasteiger partial charge >= 0.3 is 0 Å². The first kappa shape index (κ1) is 20.3. The Bertz CT molecular complexity index is 1290. The highest BCUT2D eigenvalue weighted by atomic mass is 32.2. The predicted molar refractivity (Wildman–Crippen MR) is 116 cm³/mol. The van der Waals surface area contributed by atoms with E-state index in [9.17, 15) is 18.0 Å². The van der Waals surface area contributed by atoms with Crippen molar-refractivity contribution in [3.05, 3.63) is 69.5 Å². The number of carbonyl (C=O) groups excluding carboxylic acids is 1. The van der Waals surface area contributed by atoms with Crippen molar-refractivity contribution in [3.8, 4) is 0 Å². The highest BCUT2D eigenvalue weighted by Crippen LogP contribution is 2.27. The predicted octanol–water partition coefficient (Wildman–Crippen LogP) is 2.91. The SMILES string of the molecule is CN(C)S(=O)(=O)c1ccc(C(=O)Nc2ccc3c4c(c(=O)[nH]c3c2)CCCC4)cc1. The summed E-state index contributed by atoms with van der Waals surface area (Å²) in [5.41, 5.74) is 3.52. The lowest BCUT2D eigenvalue weighted by atomic mass is 9.90. The van der Waals surface area contributed by atoms with Gasteiger partial charge in [0.2, 0.25) is 10.0 Å². The molecule has 1 aliphatic carbocycles. The van der Waals surface area contributed by atoms with Gasteiger partial charge in [0.25, 0.3) is 11.5 Å². The maximum absolute atomic E-state index is 12.6. The zero-order valence-electron chi connectivity index (χ0n) is 16.9. The third kappa shape index (κ3) is 3.64. The lowest BCUT2D eigenvalue weighted by molar-refractivity contribution is 0.102. The Balaban J connectivity index is 1.60. The van der Waals surface area contributed by atoms with E-state index in [4.69, 9.17) is 0 Å². The molecular formula is C22H23N3O4S. The number of aromatic nitrogens is 1. The average Bonchev–Trinajstić information content (AvgIpc) is 2.74. The molecule has 1 heterocycles. The minimum Gasteiger partial charge on any atom is -0.322 e. The molecule has 3 aromatic rings. The van der Waals surface area contributed by atoms with Crippen molar-refractivity contribution in [2.75, 3.05) is 19.4 Å². The number of amides is 1. The average molecular weight is 426 g/mol. The lowest BCUT2D eigenvalue weighted by Gasteiger charge is -2.17. The van der Waals surface area contributed by atoms with Crippen LogP contribution in [-0.2, 0) is 22.9 Å². The van der Waals surface area contributed by atoms with E-state index in [1.165, 1.54) is 38.4 Å². The number of sulfonamides is 1. The van der Waals surface area contributed by atoms with Gasteiger partial charge in [-0.25, -0.2) is 12.7 Å². The number of fused-ring (bicyclic) bond motifs is 3. The van der Waals surface area contributed by atoms with Crippen LogP contribution in [0.5, 0.6) is 0 Å². The number of hydrogen-bond acceptors (Lipinski definition) is 4. The Morgan fingerprint density at radius 3 is 2.33 bits per heavy atom. The smallest absolute Gasteiger partial charge is 0.255 e. The van der Waals surface area contributed by atoms with Crippen LogP contribution < -0.4 is 10.9 Å². The summed E-state index contributed by atoms with van der Waals surface area (Å²) in [5.74, 6) is -0.358. The van der Waals surface area contributed by atoms with Crippen LogP contribution in [0.1, 0.15) is 34.3 Å². The number of carbonyl (C=O) groups is 1. The Labute approximate surface area is 174 Å². The largest absolute Gasteiger partial charge is 0.322 e. The summed E-state index contributed by atoms with van der Waals surface area (Å²) >= 11 is 0. The molecule has 0 fully saturated rings. The summed E-state index contributed by atoms with van der Waals surface area (Å²) in [6, 6.07) is 11.3. The molecule has 1 aromatic heterocycles. The van der Waals surface area contributed by atoms with E-state index in [0.29, 0.717) is 16.8 Å². The van der Waals surface area contributed by atoms with Gasteiger partial charge in [-0.3, -0.25) is 9.59 Å². The molecule has 0 atom stereocenters. The van der Waals surface area contributed by atoms with Crippen molar-refractivity contribution in [1.29, 1.82) is 0 Å². The van der Waals surface area contributed by atoms with E-state index in [-0.39, 0.29) is 16.4 Å². The normalized spacial score (nSPS) is 14.0. The van der Waals surface area contributed by atoms with Crippen molar-refractivity contribution in [2.24, 2.45) is 0 Å². The number of anilines is 1. The summed E-state index contributed by atoms with van der Waals surface area (Å²) in [6.07, 6.45) is 3.80. The molecule has 0 bridgehead atoms. The van der Waals surface area contributed by atoms with Crippen LogP contribution in [-0.4, -0.2) is 37.7 Å². The van der Waals surface area contributed by atoms with Gasteiger partial charge in [0.05, 0.1) is 10.4 Å². The number of nitrogens with zero attached hydrogens (tertiary/aromatic N) is 1. The van der Waals surface area contributed by atoms with Gasteiger partial charge in [0, 0.05) is 36.3 Å². The number of benzene rings is 2. The molecule has 2 N–H and O–H groups in total. The van der Waals surface area contributed by atoms with Crippen LogP contribution >= 0.6 is 0 Å². The van der Waals surface area contributed by atoms with Crippen LogP contribution in [0, 0.1) is 0 Å². The number of rotatable bonds is 4. The van der Waals surface area contributed by atoms with Gasteiger partial charge in [-0.2, -0.15) is 0 Å². The van der Waals surface area contributed by atoms with E-state index in [1.54, 1.807) is 6.07 Å². The first-order valence-corrected chi connectivity index (χ1v) is 11.2. The first-order valence-electron chi connectivity index (χ1n) is 9.79. The molecule has 0 aliphatic heterocycles. The molecule has 0 radical (unpaired) electrons. The second-order valence-electron chi connectivity index (χ2n) is 7.64. The Morgan fingerprint density at radius 1 is 1.00 bits per heavy atom. The molecule has 2 aromatic carbocycles. The fraction of sp³-hybridized carbons (Fsp3) is 0.273. The van der Waals surface area contributed by atoms with Gasteiger partial charge < -0.3 is 10.3 Å². The van der Waals surface area contributed by atoms with Crippen molar-refractivity contribution in [2.45, 2.75) is 30.6 Å². The van der Waals surface area contributed by atoms with E-state index in [0.717, 1.165) is 46.5 Å². The Morgan fingerprint density at radius 2 is 1.67 bits per heavy atom. The molecule has 1 aliphatic rings. The van der Waals surface area contributed by atoms with Crippen molar-refractivity contribution >= 4 is 32.5 Å². The number of hydrogen-bond donors (Lipinski definition) is 2. The minimum atomic E-state index is -3.55. The topological polar surface area (TPSA) is 99.3 Å². The molecule has 7 nitrogen and oxygen atoms in total. The van der Waals surface area contributed by atoms with Gasteiger partial charge in [-0.15, -0.1) is 0 Å². The number of aromatic amines is 1. The van der Waals surface area contributed by atoms with Crippen LogP contribution in [0.3, 0.4) is 0 Å². The summed E-state index contributed by atoms with van der Waals surface area (Å²) in [5, 5.41) is 3.82. The molecular weight excluding hydrogens is 402 g/mol. The number of aryl methyl sites for hydroxylation is 1. The van der Waals surface area contributed by atoms with Crippen molar-refractivity contribution in [1.82, 2.24) is 9.29 Å². The van der Waals surface area contributed by atoms with E-state index in [2.05, 4.69) is 10.3 Å². The van der Waals surface area contributed by atoms with Crippen molar-refractivity contribution in [3.63, 3.8) is 0 Å². The van der Waals surface area contributed by atoms with Gasteiger partial charge in [0.15, 0.2) is 0 Å². The van der Waals surface area contributed by atoms with Crippen LogP contribution in [0.15, 0.2) is 52.2 Å². The summed E-state index contributed by atoms with van der Waals surface area (Å²) in [6.45, 7) is 0. The lowest BCUT2D eigenvalue weighted by Crippen LogP contribution is -2.22. The molecule has 4 rings (SSSR count). The maximum atomic E-state index is 12.6. The number of pyridine rings is 1. The number of H-pyrrole nitrogens is 1. The molecule has 8 heteroatoms. The van der Waals surface area contributed by atoms with Gasteiger partial charge in [0.1, 0.15) is 0 Å². The standard InChI is InChI=1S/C22H23N3O4S/c1-25(2)30(28,29)16-10-7-14(8-11-16)21(26)23-15-9-12-18-17-5-3-4-6-19(17)22(27)24-20(18)13-15/h7-13H,3-6H2,1-2H3,(H,23,26)(H,24,27). The molecule has 0 spiro atoms. The van der Waals surface area contributed by atoms with E-state index < -0.39 is 10.0 Å². The Kier molecular flexibility index (Phi) is 5.21. The zero-order chi connectivity index (χ0) is 21.5. The molecule has 1 amide bonds. The Hall–Kier alpha value is -2.97. The zero-order valence-corrected chi connectivity index (χ0v) is 17.7. The van der Waals surface area contributed by atoms with E-state index in [1.807, 2.05) is 12.1 Å². The molecule has 0 unspecified atom stereocenters. The van der Waals surface area contributed by atoms with Crippen LogP contribution in [0.2, 0.25) is 0 Å². The summed E-state index contributed by atoms with van der Waals surface area (Å²) < 4.78 is 25.4. The maximum Gasteiger partial charge on any atom is 0.255 e. The quantitative estimate of drug-likeness (QED) is 0.671. The molecule has 30 heavy (non-hydrogen) atoms. The second-order valence-corrected chi connectivity index (χ2v) is 9.80. The van der Waals surface area contributed by atoms with E-state index >= 15 is 0 Å². The fourth-order valence-electron chi connectivity index (χ4n) is 3.83. The van der Waals surface area contributed by atoms with Crippen LogP contribution in [0.4, 0.5) is 5.69 Å². The van der Waals surface area contributed by atoms with Gasteiger partial charge in [-0.05, 0) is 67.6 Å². The third-order valence-electron chi connectivity index (χ3n) is 5.49. The summed E-state index contributed by atoms with van der Waals surface area (Å²) in [4.78, 5) is 28.0. The van der Waals surface area contributed by atoms with Crippen molar-refractivity contribution < 1.29 is 13.2 Å². The monoisotopic (exact) mass is 425 g/mol.